The summed E-state index contributed by atoms with van der Waals surface area (Å²) in [4.78, 5) is 12.6. The van der Waals surface area contributed by atoms with Crippen LogP contribution >= 0.6 is 23.2 Å². The van der Waals surface area contributed by atoms with Gasteiger partial charge in [0, 0.05) is 11.2 Å². The van der Waals surface area contributed by atoms with E-state index < -0.39 is 15.9 Å². The fraction of sp³-hybridized carbons (Fsp3) is 0.238. The molecule has 7 nitrogen and oxygen atoms in total. The van der Waals surface area contributed by atoms with Crippen LogP contribution in [0.1, 0.15) is 36.7 Å². The average Bonchev–Trinajstić information content (AvgIpc) is 3.13. The number of hydrogen-bond acceptors (Lipinski definition) is 4. The van der Waals surface area contributed by atoms with Crippen molar-refractivity contribution in [3.63, 3.8) is 0 Å². The molecule has 0 saturated heterocycles. The largest absolute Gasteiger partial charge is 0.319 e. The van der Waals surface area contributed by atoms with E-state index in [2.05, 4.69) is 15.1 Å². The van der Waals surface area contributed by atoms with Gasteiger partial charge in [-0.1, -0.05) is 29.3 Å². The van der Waals surface area contributed by atoms with E-state index in [0.717, 1.165) is 5.56 Å². The number of halogens is 2. The van der Waals surface area contributed by atoms with Crippen LogP contribution in [0.15, 0.2) is 53.7 Å². The number of hydrogen-bond donors (Lipinski definition) is 2. The number of carbonyl (C=O) groups excluding carboxylic acids is 1. The van der Waals surface area contributed by atoms with Crippen LogP contribution in [0.3, 0.4) is 0 Å². The number of carbonyl (C=O) groups is 1. The summed E-state index contributed by atoms with van der Waals surface area (Å²) in [6, 6.07) is 8.75. The van der Waals surface area contributed by atoms with Crippen LogP contribution in [0.4, 0.5) is 11.4 Å². The van der Waals surface area contributed by atoms with Crippen molar-refractivity contribution in [1.82, 2.24) is 9.78 Å². The Bertz CT molecular complexity index is 1250. The first-order chi connectivity index (χ1) is 14.4. The maximum Gasteiger partial charge on any atom is 0.261 e. The number of anilines is 2. The minimum Gasteiger partial charge on any atom is -0.319 e. The van der Waals surface area contributed by atoms with Crippen LogP contribution in [0.5, 0.6) is 0 Å². The standard InChI is InChI=1S/C21H22Cl2N4O3S/c1-13-5-6-14(9-19(13)23)26-31(29,30)16-7-8-18(22)17(10-16)20(28)25-15-11-24-27(12-15)21(2,3)4/h5-12,26H,1-4H3,(H,25,28). The highest BCUT2D eigenvalue weighted by atomic mass is 35.5. The number of amides is 1. The molecule has 0 fully saturated rings. The summed E-state index contributed by atoms with van der Waals surface area (Å²) in [6.07, 6.45) is 3.20. The Morgan fingerprint density at radius 2 is 1.74 bits per heavy atom. The number of aromatic nitrogens is 2. The molecule has 0 bridgehead atoms. The zero-order valence-electron chi connectivity index (χ0n) is 17.4. The van der Waals surface area contributed by atoms with E-state index in [-0.39, 0.29) is 21.0 Å². The van der Waals surface area contributed by atoms with Crippen molar-refractivity contribution in [3.05, 3.63) is 70.0 Å². The second-order valence-electron chi connectivity index (χ2n) is 8.01. The predicted octanol–water partition coefficient (Wildman–Crippen LogP) is 5.31. The molecule has 1 heterocycles. The predicted molar refractivity (Wildman–Crippen MR) is 124 cm³/mol. The van der Waals surface area contributed by atoms with Crippen molar-refractivity contribution in [2.24, 2.45) is 0 Å². The Hall–Kier alpha value is -2.55. The molecule has 2 aromatic carbocycles. The zero-order valence-corrected chi connectivity index (χ0v) is 19.7. The fourth-order valence-electron chi connectivity index (χ4n) is 2.67. The molecule has 10 heteroatoms. The number of aryl methyl sites for hydroxylation is 1. The van der Waals surface area contributed by atoms with E-state index in [0.29, 0.717) is 16.4 Å². The van der Waals surface area contributed by atoms with Crippen molar-refractivity contribution in [1.29, 1.82) is 0 Å². The van der Waals surface area contributed by atoms with Crippen LogP contribution in [-0.2, 0) is 15.6 Å². The van der Waals surface area contributed by atoms with Crippen molar-refractivity contribution in [2.45, 2.75) is 38.1 Å². The molecular formula is C21H22Cl2N4O3S. The average molecular weight is 481 g/mol. The smallest absolute Gasteiger partial charge is 0.261 e. The first-order valence-corrected chi connectivity index (χ1v) is 11.6. The fourth-order valence-corrected chi connectivity index (χ4v) is 4.13. The summed E-state index contributed by atoms with van der Waals surface area (Å²) < 4.78 is 29.8. The monoisotopic (exact) mass is 480 g/mol. The van der Waals surface area contributed by atoms with E-state index in [9.17, 15) is 13.2 Å². The molecule has 1 aromatic heterocycles. The maximum absolute atomic E-state index is 12.8. The highest BCUT2D eigenvalue weighted by molar-refractivity contribution is 7.92. The molecule has 0 saturated carbocycles. The number of rotatable bonds is 5. The number of sulfonamides is 1. The van der Waals surface area contributed by atoms with Crippen LogP contribution in [0.2, 0.25) is 10.0 Å². The van der Waals surface area contributed by atoms with Gasteiger partial charge in [-0.15, -0.1) is 0 Å². The van der Waals surface area contributed by atoms with Gasteiger partial charge in [0.05, 0.1) is 38.6 Å². The Labute approximate surface area is 191 Å². The molecule has 164 valence electrons. The van der Waals surface area contributed by atoms with Gasteiger partial charge in [0.1, 0.15) is 0 Å². The lowest BCUT2D eigenvalue weighted by atomic mass is 10.1. The van der Waals surface area contributed by atoms with Crippen molar-refractivity contribution in [2.75, 3.05) is 10.0 Å². The van der Waals surface area contributed by atoms with Gasteiger partial charge in [-0.3, -0.25) is 14.2 Å². The second-order valence-corrected chi connectivity index (χ2v) is 10.5. The minimum atomic E-state index is -3.97. The van der Waals surface area contributed by atoms with Crippen LogP contribution in [0.25, 0.3) is 0 Å². The van der Waals surface area contributed by atoms with Crippen LogP contribution < -0.4 is 10.0 Å². The van der Waals surface area contributed by atoms with Gasteiger partial charge in [0.2, 0.25) is 0 Å². The van der Waals surface area contributed by atoms with Gasteiger partial charge in [-0.25, -0.2) is 8.42 Å². The Kier molecular flexibility index (Phi) is 6.36. The van der Waals surface area contributed by atoms with Gasteiger partial charge in [-0.05, 0) is 63.6 Å². The molecule has 3 rings (SSSR count). The molecule has 0 radical (unpaired) electrons. The molecule has 0 unspecified atom stereocenters. The molecule has 2 N–H and O–H groups in total. The lowest BCUT2D eigenvalue weighted by Gasteiger charge is -2.18. The molecule has 0 aliphatic heterocycles. The molecule has 0 aliphatic carbocycles. The molecule has 0 aliphatic rings. The molecule has 3 aromatic rings. The summed E-state index contributed by atoms with van der Waals surface area (Å²) in [5, 5.41) is 7.48. The van der Waals surface area contributed by atoms with Crippen LogP contribution in [0, 0.1) is 6.92 Å². The topological polar surface area (TPSA) is 93.1 Å². The number of nitrogens with one attached hydrogen (secondary N) is 2. The van der Waals surface area contributed by atoms with Crippen molar-refractivity contribution in [3.8, 4) is 0 Å². The van der Waals surface area contributed by atoms with Gasteiger partial charge in [0.15, 0.2) is 0 Å². The summed E-state index contributed by atoms with van der Waals surface area (Å²) in [7, 11) is -3.97. The zero-order chi connectivity index (χ0) is 23.0. The molecule has 31 heavy (non-hydrogen) atoms. The van der Waals surface area contributed by atoms with Gasteiger partial charge in [0.25, 0.3) is 15.9 Å². The highest BCUT2D eigenvalue weighted by Gasteiger charge is 2.20. The summed E-state index contributed by atoms with van der Waals surface area (Å²) in [5.41, 5.74) is 1.38. The summed E-state index contributed by atoms with van der Waals surface area (Å²) >= 11 is 12.2. The Morgan fingerprint density at radius 1 is 1.03 bits per heavy atom. The summed E-state index contributed by atoms with van der Waals surface area (Å²) in [5.74, 6) is -0.547. The van der Waals surface area contributed by atoms with E-state index in [1.807, 2.05) is 27.7 Å². The molecule has 0 spiro atoms. The number of nitrogens with zero attached hydrogens (tertiary/aromatic N) is 2. The van der Waals surface area contributed by atoms with Crippen molar-refractivity contribution < 1.29 is 13.2 Å². The Balaban J connectivity index is 1.85. The normalized spacial score (nSPS) is 11.9. The van der Waals surface area contributed by atoms with Gasteiger partial charge in [-0.2, -0.15) is 5.10 Å². The summed E-state index contributed by atoms with van der Waals surface area (Å²) in [6.45, 7) is 7.75. The lowest BCUT2D eigenvalue weighted by molar-refractivity contribution is 0.102. The molecule has 1 amide bonds. The van der Waals surface area contributed by atoms with E-state index in [4.69, 9.17) is 23.2 Å². The Morgan fingerprint density at radius 3 is 2.35 bits per heavy atom. The van der Waals surface area contributed by atoms with Gasteiger partial charge >= 0.3 is 0 Å². The second kappa shape index (κ2) is 8.53. The molecular weight excluding hydrogens is 459 g/mol. The van der Waals surface area contributed by atoms with E-state index in [1.54, 1.807) is 23.0 Å². The minimum absolute atomic E-state index is 0.0231. The first kappa shape index (κ1) is 23.1. The van der Waals surface area contributed by atoms with Crippen LogP contribution in [-0.4, -0.2) is 24.1 Å². The van der Waals surface area contributed by atoms with Gasteiger partial charge < -0.3 is 5.32 Å². The first-order valence-electron chi connectivity index (χ1n) is 9.32. The quantitative estimate of drug-likeness (QED) is 0.517. The third-order valence-corrected chi connectivity index (χ3v) is 6.56. The maximum atomic E-state index is 12.8. The number of benzene rings is 2. The third kappa shape index (κ3) is 5.39. The lowest BCUT2D eigenvalue weighted by Crippen LogP contribution is -2.22. The highest BCUT2D eigenvalue weighted by Crippen LogP contribution is 2.26. The SMILES string of the molecule is Cc1ccc(NS(=O)(=O)c2ccc(Cl)c(C(=O)Nc3cnn(C(C)(C)C)c3)c2)cc1Cl. The molecule has 0 atom stereocenters. The van der Waals surface area contributed by atoms with Crippen molar-refractivity contribution >= 4 is 50.5 Å². The third-order valence-electron chi connectivity index (χ3n) is 4.44. The van der Waals surface area contributed by atoms with E-state index >= 15 is 0 Å². The van der Waals surface area contributed by atoms with E-state index in [1.165, 1.54) is 30.5 Å².